The van der Waals surface area contributed by atoms with Crippen LogP contribution in [0.25, 0.3) is 0 Å². The minimum atomic E-state index is -4.62. The average Bonchev–Trinajstić information content (AvgIpc) is 3.33. The second-order valence-corrected chi connectivity index (χ2v) is 24.2. The Balaban J connectivity index is 3.69. The first-order valence-electron chi connectivity index (χ1n) is 31.2. The van der Waals surface area contributed by atoms with Gasteiger partial charge in [0.25, 0.3) is 7.82 Å². The molecule has 0 saturated carbocycles. The number of unbranched alkanes of at least 4 members (excludes halogenated alkanes) is 45. The first-order chi connectivity index (χ1) is 34.5. The van der Waals surface area contributed by atoms with Crippen LogP contribution in [-0.2, 0) is 32.7 Å². The van der Waals surface area contributed by atoms with E-state index in [1.165, 1.54) is 263 Å². The van der Waals surface area contributed by atoms with Gasteiger partial charge in [0.1, 0.15) is 19.8 Å². The molecule has 0 radical (unpaired) electrons. The van der Waals surface area contributed by atoms with Gasteiger partial charge in [0.15, 0.2) is 6.10 Å². The van der Waals surface area contributed by atoms with Gasteiger partial charge in [-0.15, -0.1) is 0 Å². The second kappa shape index (κ2) is 53.8. The first-order valence-corrected chi connectivity index (χ1v) is 32.7. The highest BCUT2D eigenvalue weighted by Gasteiger charge is 2.22. The zero-order valence-electron chi connectivity index (χ0n) is 48.2. The van der Waals surface area contributed by atoms with Crippen LogP contribution < -0.4 is 4.89 Å². The molecule has 71 heavy (non-hydrogen) atoms. The second-order valence-electron chi connectivity index (χ2n) is 22.8. The molecule has 0 aliphatic rings. The third kappa shape index (κ3) is 58.1. The molecule has 0 aromatic heterocycles. The van der Waals surface area contributed by atoms with Gasteiger partial charge in [0.05, 0.1) is 27.7 Å². The summed E-state index contributed by atoms with van der Waals surface area (Å²) in [6.45, 7) is 4.24. The summed E-state index contributed by atoms with van der Waals surface area (Å²) in [6, 6.07) is 0. The SMILES string of the molecule is CCCCCCCCCCCCCCCCCCCCCCCCCCCCCCCCCCCCCCCCCCC(=O)OC(COC(=O)CCCCCCCCC)COP(=O)([O-])OCC[N+](C)(C)C. The van der Waals surface area contributed by atoms with Crippen LogP contribution in [0.3, 0.4) is 0 Å². The van der Waals surface area contributed by atoms with Crippen LogP contribution in [0.2, 0.25) is 0 Å². The van der Waals surface area contributed by atoms with Crippen molar-refractivity contribution in [3.8, 4) is 0 Å². The van der Waals surface area contributed by atoms with Crippen LogP contribution in [0.4, 0.5) is 0 Å². The summed E-state index contributed by atoms with van der Waals surface area (Å²) in [7, 11) is 1.19. The summed E-state index contributed by atoms with van der Waals surface area (Å²) in [5, 5.41) is 0. The smallest absolute Gasteiger partial charge is 0.306 e. The molecule has 2 unspecified atom stereocenters. The summed E-state index contributed by atoms with van der Waals surface area (Å²) in [5.41, 5.74) is 0. The van der Waals surface area contributed by atoms with Crippen molar-refractivity contribution in [2.45, 2.75) is 335 Å². The normalized spacial score (nSPS) is 13.2. The Kier molecular flexibility index (Phi) is 53.1. The molecular weight excluding hydrogens is 906 g/mol. The summed E-state index contributed by atoms with van der Waals surface area (Å²) < 4.78 is 33.9. The maximum atomic E-state index is 12.7. The zero-order chi connectivity index (χ0) is 52.0. The van der Waals surface area contributed by atoms with E-state index in [1.807, 2.05) is 21.1 Å². The van der Waals surface area contributed by atoms with E-state index in [2.05, 4.69) is 13.8 Å². The third-order valence-corrected chi connectivity index (χ3v) is 15.3. The molecule has 10 heteroatoms. The molecule has 0 spiro atoms. The van der Waals surface area contributed by atoms with Crippen molar-refractivity contribution in [1.29, 1.82) is 0 Å². The van der Waals surface area contributed by atoms with Crippen LogP contribution in [0.1, 0.15) is 328 Å². The fourth-order valence-electron chi connectivity index (χ4n) is 9.54. The van der Waals surface area contributed by atoms with Crippen molar-refractivity contribution >= 4 is 19.8 Å². The number of phosphoric ester groups is 1. The van der Waals surface area contributed by atoms with Gasteiger partial charge >= 0.3 is 11.9 Å². The molecule has 0 bridgehead atoms. The number of carbonyl (C=O) groups is 2. The van der Waals surface area contributed by atoms with E-state index < -0.39 is 26.5 Å². The zero-order valence-corrected chi connectivity index (χ0v) is 49.1. The van der Waals surface area contributed by atoms with E-state index in [0.29, 0.717) is 17.4 Å². The van der Waals surface area contributed by atoms with Gasteiger partial charge in [-0.1, -0.05) is 303 Å². The predicted octanol–water partition coefficient (Wildman–Crippen LogP) is 18.8. The van der Waals surface area contributed by atoms with Gasteiger partial charge in [0.2, 0.25) is 0 Å². The molecule has 0 heterocycles. The van der Waals surface area contributed by atoms with Gasteiger partial charge in [-0.3, -0.25) is 14.2 Å². The third-order valence-electron chi connectivity index (χ3n) is 14.4. The largest absolute Gasteiger partial charge is 0.756 e. The maximum Gasteiger partial charge on any atom is 0.306 e. The number of quaternary nitrogens is 1. The lowest BCUT2D eigenvalue weighted by molar-refractivity contribution is -0.870. The fourth-order valence-corrected chi connectivity index (χ4v) is 10.3. The lowest BCUT2D eigenvalue weighted by Crippen LogP contribution is -2.37. The number of likely N-dealkylation sites (N-methyl/N-ethyl adjacent to an activating group) is 1. The van der Waals surface area contributed by atoms with Crippen LogP contribution >= 0.6 is 7.82 Å². The highest BCUT2D eigenvalue weighted by molar-refractivity contribution is 7.45. The Hall–Kier alpha value is -0.990. The topological polar surface area (TPSA) is 111 Å². The van der Waals surface area contributed by atoms with Crippen LogP contribution in [0, 0.1) is 0 Å². The molecule has 9 nitrogen and oxygen atoms in total. The molecular formula is C61H122NO8P. The quantitative estimate of drug-likeness (QED) is 0.0256. The molecule has 424 valence electrons. The standard InChI is InChI=1S/C61H122NO8P/c1-6-8-10-12-14-15-16-17-18-19-20-21-22-23-24-25-26-27-28-29-30-31-32-33-34-35-36-37-38-39-40-41-42-43-44-45-46-48-50-52-54-61(64)70-59(58-69-71(65,66)68-56-55-62(3,4)5)57-67-60(63)53-51-49-47-13-11-9-7-2/h59H,6-58H2,1-5H3. The Morgan fingerprint density at radius 2 is 0.634 bits per heavy atom. The lowest BCUT2D eigenvalue weighted by Gasteiger charge is -2.28. The summed E-state index contributed by atoms with van der Waals surface area (Å²) in [5.74, 6) is -0.823. The van der Waals surface area contributed by atoms with Crippen molar-refractivity contribution in [1.82, 2.24) is 0 Å². The Labute approximate surface area is 442 Å². The number of rotatable bonds is 59. The molecule has 0 fully saturated rings. The minimum Gasteiger partial charge on any atom is -0.756 e. The molecule has 0 saturated heterocycles. The monoisotopic (exact) mass is 1030 g/mol. The summed E-state index contributed by atoms with van der Waals surface area (Å²) in [4.78, 5) is 37.5. The Morgan fingerprint density at radius 1 is 0.380 bits per heavy atom. The van der Waals surface area contributed by atoms with E-state index >= 15 is 0 Å². The van der Waals surface area contributed by atoms with Crippen molar-refractivity contribution in [2.75, 3.05) is 47.5 Å². The van der Waals surface area contributed by atoms with Crippen LogP contribution in [-0.4, -0.2) is 70.0 Å². The molecule has 0 aliphatic heterocycles. The van der Waals surface area contributed by atoms with Crippen molar-refractivity contribution in [3.63, 3.8) is 0 Å². The number of nitrogens with zero attached hydrogens (tertiary/aromatic N) is 1. The molecule has 0 N–H and O–H groups in total. The van der Waals surface area contributed by atoms with Gasteiger partial charge < -0.3 is 27.9 Å². The van der Waals surface area contributed by atoms with Gasteiger partial charge in [-0.05, 0) is 12.8 Å². The number of phosphoric acid groups is 1. The average molecular weight is 1030 g/mol. The number of ether oxygens (including phenoxy) is 2. The first kappa shape index (κ1) is 70.0. The summed E-state index contributed by atoms with van der Waals surface area (Å²) >= 11 is 0. The molecule has 0 aromatic carbocycles. The fraction of sp³-hybridized carbons (Fsp3) is 0.967. The van der Waals surface area contributed by atoms with Crippen molar-refractivity contribution < 1.29 is 42.1 Å². The molecule has 0 aromatic rings. The lowest BCUT2D eigenvalue weighted by atomic mass is 10.0. The highest BCUT2D eigenvalue weighted by atomic mass is 31.2. The highest BCUT2D eigenvalue weighted by Crippen LogP contribution is 2.38. The molecule has 2 atom stereocenters. The van der Waals surface area contributed by atoms with E-state index in [9.17, 15) is 19.0 Å². The number of carbonyl (C=O) groups excluding carboxylic acids is 2. The Bertz CT molecular complexity index is 1160. The number of esters is 2. The van der Waals surface area contributed by atoms with Crippen LogP contribution in [0.5, 0.6) is 0 Å². The van der Waals surface area contributed by atoms with E-state index in [-0.39, 0.29) is 32.0 Å². The van der Waals surface area contributed by atoms with E-state index in [4.69, 9.17) is 18.5 Å². The van der Waals surface area contributed by atoms with Crippen molar-refractivity contribution in [2.24, 2.45) is 0 Å². The van der Waals surface area contributed by atoms with Crippen LogP contribution in [0.15, 0.2) is 0 Å². The molecule has 0 rings (SSSR count). The van der Waals surface area contributed by atoms with Crippen molar-refractivity contribution in [3.05, 3.63) is 0 Å². The Morgan fingerprint density at radius 3 is 0.901 bits per heavy atom. The van der Waals surface area contributed by atoms with E-state index in [1.54, 1.807) is 0 Å². The molecule has 0 aliphatic carbocycles. The maximum absolute atomic E-state index is 12.7. The van der Waals surface area contributed by atoms with Gasteiger partial charge in [-0.25, -0.2) is 0 Å². The minimum absolute atomic E-state index is 0.0258. The molecule has 0 amide bonds. The van der Waals surface area contributed by atoms with E-state index in [0.717, 1.165) is 32.1 Å². The van der Waals surface area contributed by atoms with Gasteiger partial charge in [0, 0.05) is 12.8 Å². The number of hydrogen-bond acceptors (Lipinski definition) is 8. The van der Waals surface area contributed by atoms with Gasteiger partial charge in [-0.2, -0.15) is 0 Å². The predicted molar refractivity (Wildman–Crippen MR) is 301 cm³/mol. The number of hydrogen-bond donors (Lipinski definition) is 0. The summed E-state index contributed by atoms with van der Waals surface area (Å²) in [6.07, 6.45) is 62.4.